The van der Waals surface area contributed by atoms with E-state index in [0.717, 1.165) is 38.0 Å². The molecule has 2 aromatic carbocycles. The predicted octanol–water partition coefficient (Wildman–Crippen LogP) is 4.69. The van der Waals surface area contributed by atoms with Crippen molar-refractivity contribution < 1.29 is 14.3 Å². The summed E-state index contributed by atoms with van der Waals surface area (Å²) < 4.78 is 6.78. The number of imide groups is 1. The largest absolute Gasteiger partial charge is 0.489 e. The summed E-state index contributed by atoms with van der Waals surface area (Å²) >= 11 is 4.35. The summed E-state index contributed by atoms with van der Waals surface area (Å²) in [7, 11) is 1.48. The Hall–Kier alpha value is -2.05. The molecule has 6 heteroatoms. The van der Waals surface area contributed by atoms with Gasteiger partial charge in [0.15, 0.2) is 0 Å². The number of amides is 2. The van der Waals surface area contributed by atoms with Crippen LogP contribution in [0.4, 0.5) is 4.79 Å². The highest BCUT2D eigenvalue weighted by Gasteiger charge is 2.31. The van der Waals surface area contributed by atoms with Crippen LogP contribution in [0.3, 0.4) is 0 Å². The van der Waals surface area contributed by atoms with Gasteiger partial charge in [0.05, 0.1) is 4.91 Å². The summed E-state index contributed by atoms with van der Waals surface area (Å²) in [4.78, 5) is 24.9. The normalized spacial score (nSPS) is 16.1. The number of carbonyl (C=O) groups is 2. The Balaban J connectivity index is 1.64. The van der Waals surface area contributed by atoms with Crippen LogP contribution in [0, 0.1) is 0 Å². The highest BCUT2D eigenvalue weighted by molar-refractivity contribution is 9.10. The minimum Gasteiger partial charge on any atom is -0.489 e. The summed E-state index contributed by atoms with van der Waals surface area (Å²) in [6, 6.07) is 15.4. The second kappa shape index (κ2) is 7.23. The molecule has 2 amide bonds. The molecule has 1 fully saturated rings. The molecule has 122 valence electrons. The highest BCUT2D eigenvalue weighted by atomic mass is 79.9. The van der Waals surface area contributed by atoms with E-state index in [1.165, 1.54) is 7.05 Å². The average Bonchev–Trinajstić information content (AvgIpc) is 2.83. The Morgan fingerprint density at radius 3 is 2.33 bits per heavy atom. The van der Waals surface area contributed by atoms with Crippen molar-refractivity contribution in [3.05, 3.63) is 69.0 Å². The molecule has 0 aliphatic carbocycles. The van der Waals surface area contributed by atoms with Gasteiger partial charge in [0.1, 0.15) is 12.4 Å². The van der Waals surface area contributed by atoms with Crippen molar-refractivity contribution >= 4 is 44.9 Å². The van der Waals surface area contributed by atoms with E-state index >= 15 is 0 Å². The predicted molar refractivity (Wildman–Crippen MR) is 98.7 cm³/mol. The minimum absolute atomic E-state index is 0.249. The van der Waals surface area contributed by atoms with E-state index in [2.05, 4.69) is 15.9 Å². The quantitative estimate of drug-likeness (QED) is 0.694. The SMILES string of the molecule is CN1C(=O)S/C(=C\c2ccc(OCc3ccc(Br)cc3)cc2)C1=O. The second-order valence-corrected chi connectivity index (χ2v) is 7.13. The number of nitrogens with zero attached hydrogens (tertiary/aromatic N) is 1. The van der Waals surface area contributed by atoms with Gasteiger partial charge in [0.2, 0.25) is 0 Å². The van der Waals surface area contributed by atoms with Gasteiger partial charge in [-0.2, -0.15) is 0 Å². The average molecular weight is 404 g/mol. The van der Waals surface area contributed by atoms with Crippen LogP contribution in [-0.4, -0.2) is 23.1 Å². The van der Waals surface area contributed by atoms with Crippen LogP contribution >= 0.6 is 27.7 Å². The third-order valence-corrected chi connectivity index (χ3v) is 4.97. The fourth-order valence-corrected chi connectivity index (χ4v) is 3.20. The van der Waals surface area contributed by atoms with Gasteiger partial charge in [0, 0.05) is 11.5 Å². The van der Waals surface area contributed by atoms with Crippen LogP contribution in [-0.2, 0) is 11.4 Å². The first kappa shape index (κ1) is 16.8. The molecule has 4 nitrogen and oxygen atoms in total. The molecule has 2 aromatic rings. The molecule has 0 spiro atoms. The lowest BCUT2D eigenvalue weighted by Gasteiger charge is -2.07. The molecule has 0 atom stereocenters. The Kier molecular flexibility index (Phi) is 5.06. The molecule has 0 bridgehead atoms. The van der Waals surface area contributed by atoms with E-state index in [4.69, 9.17) is 4.74 Å². The zero-order valence-electron chi connectivity index (χ0n) is 12.9. The summed E-state index contributed by atoms with van der Waals surface area (Å²) in [6.07, 6.45) is 1.72. The van der Waals surface area contributed by atoms with Gasteiger partial charge in [-0.25, -0.2) is 0 Å². The maximum absolute atomic E-state index is 11.9. The first-order valence-corrected chi connectivity index (χ1v) is 8.83. The van der Waals surface area contributed by atoms with Gasteiger partial charge in [-0.1, -0.05) is 40.2 Å². The maximum atomic E-state index is 11.9. The third kappa shape index (κ3) is 3.88. The fourth-order valence-electron chi connectivity index (χ4n) is 2.10. The topological polar surface area (TPSA) is 46.6 Å². The van der Waals surface area contributed by atoms with Crippen molar-refractivity contribution in [1.29, 1.82) is 0 Å². The lowest BCUT2D eigenvalue weighted by Crippen LogP contribution is -2.22. The van der Waals surface area contributed by atoms with Crippen molar-refractivity contribution in [2.45, 2.75) is 6.61 Å². The number of carbonyl (C=O) groups excluding carboxylic acids is 2. The Morgan fingerprint density at radius 1 is 1.08 bits per heavy atom. The zero-order valence-corrected chi connectivity index (χ0v) is 15.3. The van der Waals surface area contributed by atoms with Gasteiger partial charge in [-0.3, -0.25) is 14.5 Å². The van der Waals surface area contributed by atoms with Crippen LogP contribution < -0.4 is 4.74 Å². The number of thioether (sulfide) groups is 1. The van der Waals surface area contributed by atoms with Gasteiger partial charge in [-0.05, 0) is 53.2 Å². The highest BCUT2D eigenvalue weighted by Crippen LogP contribution is 2.31. The monoisotopic (exact) mass is 403 g/mol. The van der Waals surface area contributed by atoms with Crippen molar-refractivity contribution in [2.24, 2.45) is 0 Å². The van der Waals surface area contributed by atoms with Gasteiger partial charge in [-0.15, -0.1) is 0 Å². The molecule has 0 radical (unpaired) electrons. The van der Waals surface area contributed by atoms with E-state index in [0.29, 0.717) is 11.5 Å². The molecular weight excluding hydrogens is 390 g/mol. The Bertz CT molecular complexity index is 800. The lowest BCUT2D eigenvalue weighted by atomic mass is 10.2. The number of rotatable bonds is 4. The molecule has 1 aliphatic heterocycles. The van der Waals surface area contributed by atoms with Crippen molar-refractivity contribution in [3.8, 4) is 5.75 Å². The van der Waals surface area contributed by atoms with Gasteiger partial charge >= 0.3 is 0 Å². The van der Waals surface area contributed by atoms with Crippen LogP contribution in [0.25, 0.3) is 6.08 Å². The molecule has 1 heterocycles. The number of hydrogen-bond acceptors (Lipinski definition) is 4. The van der Waals surface area contributed by atoms with E-state index in [1.54, 1.807) is 6.08 Å². The van der Waals surface area contributed by atoms with Crippen LogP contribution in [0.15, 0.2) is 57.9 Å². The lowest BCUT2D eigenvalue weighted by molar-refractivity contribution is -0.121. The molecule has 24 heavy (non-hydrogen) atoms. The van der Waals surface area contributed by atoms with Crippen molar-refractivity contribution in [2.75, 3.05) is 7.05 Å². The fraction of sp³-hybridized carbons (Fsp3) is 0.111. The summed E-state index contributed by atoms with van der Waals surface area (Å²) in [5.41, 5.74) is 1.93. The Morgan fingerprint density at radius 2 is 1.75 bits per heavy atom. The molecule has 0 aromatic heterocycles. The van der Waals surface area contributed by atoms with Crippen LogP contribution in [0.2, 0.25) is 0 Å². The molecule has 0 N–H and O–H groups in total. The summed E-state index contributed by atoms with van der Waals surface area (Å²) in [5, 5.41) is -0.249. The van der Waals surface area contributed by atoms with E-state index in [1.807, 2.05) is 48.5 Å². The molecule has 1 aliphatic rings. The minimum atomic E-state index is -0.263. The maximum Gasteiger partial charge on any atom is 0.293 e. The van der Waals surface area contributed by atoms with E-state index in [-0.39, 0.29) is 11.1 Å². The number of likely N-dealkylation sites (N-methyl/N-ethyl adjacent to an activating group) is 1. The third-order valence-electron chi connectivity index (χ3n) is 3.48. The van der Waals surface area contributed by atoms with Crippen molar-refractivity contribution in [1.82, 2.24) is 4.90 Å². The molecule has 1 saturated heterocycles. The van der Waals surface area contributed by atoms with E-state index in [9.17, 15) is 9.59 Å². The van der Waals surface area contributed by atoms with Crippen LogP contribution in [0.5, 0.6) is 5.75 Å². The number of benzene rings is 2. The Labute approximate surface area is 152 Å². The van der Waals surface area contributed by atoms with E-state index < -0.39 is 0 Å². The summed E-state index contributed by atoms with van der Waals surface area (Å²) in [6.45, 7) is 0.487. The molecule has 0 unspecified atom stereocenters. The molecular formula is C18H14BrNO3S. The molecule has 3 rings (SSSR count). The number of ether oxygens (including phenoxy) is 1. The standard InChI is InChI=1S/C18H14BrNO3S/c1-20-17(21)16(24-18(20)22)10-12-4-8-15(9-5-12)23-11-13-2-6-14(19)7-3-13/h2-10H,11H2,1H3/b16-10-. The van der Waals surface area contributed by atoms with Crippen molar-refractivity contribution in [3.63, 3.8) is 0 Å². The first-order valence-electron chi connectivity index (χ1n) is 7.22. The van der Waals surface area contributed by atoms with Crippen LogP contribution in [0.1, 0.15) is 11.1 Å². The molecule has 0 saturated carbocycles. The second-order valence-electron chi connectivity index (χ2n) is 5.22. The van der Waals surface area contributed by atoms with Gasteiger partial charge < -0.3 is 4.74 Å². The first-order chi connectivity index (χ1) is 11.5. The van der Waals surface area contributed by atoms with Gasteiger partial charge in [0.25, 0.3) is 11.1 Å². The number of halogens is 1. The smallest absolute Gasteiger partial charge is 0.293 e. The summed E-state index contributed by atoms with van der Waals surface area (Å²) in [5.74, 6) is 0.485. The number of hydrogen-bond donors (Lipinski definition) is 0. The zero-order chi connectivity index (χ0) is 17.1.